The fourth-order valence-corrected chi connectivity index (χ4v) is 2.29. The average molecular weight is 255 g/mol. The normalized spacial score (nSPS) is 15.6. The Bertz CT molecular complexity index is 365. The Morgan fingerprint density at radius 1 is 1.18 bits per heavy atom. The topological polar surface area (TPSA) is 18.5 Å². The molecule has 94 valence electrons. The van der Waals surface area contributed by atoms with Gasteiger partial charge in [-0.2, -0.15) is 0 Å². The van der Waals surface area contributed by atoms with Crippen molar-refractivity contribution in [1.29, 1.82) is 0 Å². The maximum absolute atomic E-state index is 6.39. The van der Waals surface area contributed by atoms with Crippen molar-refractivity contribution in [2.75, 3.05) is 13.2 Å². The molecule has 1 heterocycles. The molecule has 1 aliphatic rings. The van der Waals surface area contributed by atoms with Gasteiger partial charge in [-0.05, 0) is 24.1 Å². The first-order valence-electron chi connectivity index (χ1n) is 6.35. The fourth-order valence-electron chi connectivity index (χ4n) is 1.99. The third-order valence-corrected chi connectivity index (χ3v) is 3.46. The zero-order valence-corrected chi connectivity index (χ0v) is 11.0. The van der Waals surface area contributed by atoms with Crippen LogP contribution in [0.3, 0.4) is 0 Å². The molecule has 2 rings (SSSR count). The van der Waals surface area contributed by atoms with Gasteiger partial charge in [-0.25, -0.2) is 0 Å². The molecule has 0 aliphatic carbocycles. The van der Waals surface area contributed by atoms with Crippen LogP contribution in [0.4, 0.5) is 0 Å². The van der Waals surface area contributed by atoms with Gasteiger partial charge in [0, 0.05) is 0 Å². The second kappa shape index (κ2) is 6.15. The van der Waals surface area contributed by atoms with Gasteiger partial charge in [0.1, 0.15) is 13.2 Å². The van der Waals surface area contributed by atoms with Crippen molar-refractivity contribution in [2.45, 2.75) is 38.0 Å². The monoisotopic (exact) mass is 254 g/mol. The Balaban J connectivity index is 2.00. The first-order chi connectivity index (χ1) is 8.31. The van der Waals surface area contributed by atoms with Crippen LogP contribution in [0, 0.1) is 0 Å². The predicted octanol–water partition coefficient (Wildman–Crippen LogP) is 4.32. The molecular formula is C14H19ClO2. The molecule has 2 nitrogen and oxygen atoms in total. The Kier molecular flexibility index (Phi) is 4.55. The molecule has 0 saturated carbocycles. The first-order valence-corrected chi connectivity index (χ1v) is 6.78. The molecule has 1 atom stereocenters. The van der Waals surface area contributed by atoms with E-state index in [0.29, 0.717) is 13.2 Å². The molecule has 1 aromatic carbocycles. The molecule has 0 saturated heterocycles. The summed E-state index contributed by atoms with van der Waals surface area (Å²) in [7, 11) is 0. The summed E-state index contributed by atoms with van der Waals surface area (Å²) in [5.74, 6) is 1.66. The van der Waals surface area contributed by atoms with Crippen LogP contribution in [0.15, 0.2) is 18.2 Å². The Morgan fingerprint density at radius 3 is 2.71 bits per heavy atom. The van der Waals surface area contributed by atoms with E-state index in [-0.39, 0.29) is 5.38 Å². The summed E-state index contributed by atoms with van der Waals surface area (Å²) < 4.78 is 11.0. The highest BCUT2D eigenvalue weighted by Gasteiger charge is 2.15. The number of benzene rings is 1. The second-order valence-electron chi connectivity index (χ2n) is 4.37. The lowest BCUT2D eigenvalue weighted by atomic mass is 10.1. The minimum atomic E-state index is 0.0809. The van der Waals surface area contributed by atoms with E-state index in [4.69, 9.17) is 21.1 Å². The molecule has 3 heteroatoms. The largest absolute Gasteiger partial charge is 0.486 e. The van der Waals surface area contributed by atoms with Gasteiger partial charge in [-0.3, -0.25) is 0 Å². The minimum Gasteiger partial charge on any atom is -0.486 e. The maximum atomic E-state index is 6.39. The summed E-state index contributed by atoms with van der Waals surface area (Å²) in [5, 5.41) is 0.0809. The number of ether oxygens (including phenoxy) is 2. The number of fused-ring (bicyclic) bond motifs is 1. The molecule has 0 amide bonds. The van der Waals surface area contributed by atoms with Crippen LogP contribution in [0.1, 0.15) is 43.5 Å². The molecule has 0 bridgehead atoms. The van der Waals surface area contributed by atoms with E-state index in [1.165, 1.54) is 19.3 Å². The van der Waals surface area contributed by atoms with Gasteiger partial charge in [0.15, 0.2) is 11.5 Å². The summed E-state index contributed by atoms with van der Waals surface area (Å²) in [5.41, 5.74) is 1.13. The van der Waals surface area contributed by atoms with Gasteiger partial charge >= 0.3 is 0 Å². The summed E-state index contributed by atoms with van der Waals surface area (Å²) in [6.07, 6.45) is 4.67. The van der Waals surface area contributed by atoms with Crippen molar-refractivity contribution in [1.82, 2.24) is 0 Å². The van der Waals surface area contributed by atoms with Crippen molar-refractivity contribution < 1.29 is 9.47 Å². The van der Waals surface area contributed by atoms with E-state index in [9.17, 15) is 0 Å². The number of alkyl halides is 1. The number of hydrogen-bond donors (Lipinski definition) is 0. The molecule has 1 aliphatic heterocycles. The number of rotatable bonds is 5. The van der Waals surface area contributed by atoms with Crippen LogP contribution in [0.25, 0.3) is 0 Å². The molecule has 0 radical (unpaired) electrons. The lowest BCUT2D eigenvalue weighted by Crippen LogP contribution is -2.15. The number of unbranched alkanes of at least 4 members (excludes halogenated alkanes) is 2. The number of halogens is 1. The van der Waals surface area contributed by atoms with Crippen molar-refractivity contribution in [2.24, 2.45) is 0 Å². The second-order valence-corrected chi connectivity index (χ2v) is 4.89. The minimum absolute atomic E-state index is 0.0809. The standard InChI is InChI=1S/C14H19ClO2/c1-2-3-4-5-12(15)11-6-7-13-14(10-11)17-9-8-16-13/h6-7,10,12H,2-5,8-9H2,1H3. The first kappa shape index (κ1) is 12.6. The summed E-state index contributed by atoms with van der Waals surface area (Å²) in [4.78, 5) is 0. The molecule has 0 spiro atoms. The Hall–Kier alpha value is -0.890. The van der Waals surface area contributed by atoms with Crippen LogP contribution >= 0.6 is 11.6 Å². The summed E-state index contributed by atoms with van der Waals surface area (Å²) in [6.45, 7) is 3.46. The highest BCUT2D eigenvalue weighted by atomic mass is 35.5. The maximum Gasteiger partial charge on any atom is 0.161 e. The quantitative estimate of drug-likeness (QED) is 0.576. The Labute approximate surface area is 108 Å². The summed E-state index contributed by atoms with van der Waals surface area (Å²) in [6, 6.07) is 6.01. The molecule has 1 unspecified atom stereocenters. The van der Waals surface area contributed by atoms with Crippen LogP contribution in [0.5, 0.6) is 11.5 Å². The van der Waals surface area contributed by atoms with E-state index < -0.39 is 0 Å². The lowest BCUT2D eigenvalue weighted by Gasteiger charge is -2.20. The summed E-state index contributed by atoms with van der Waals surface area (Å²) >= 11 is 6.39. The smallest absolute Gasteiger partial charge is 0.161 e. The third kappa shape index (κ3) is 3.29. The average Bonchev–Trinajstić information content (AvgIpc) is 2.38. The van der Waals surface area contributed by atoms with Gasteiger partial charge in [0.25, 0.3) is 0 Å². The zero-order chi connectivity index (χ0) is 12.1. The van der Waals surface area contributed by atoms with Gasteiger partial charge in [-0.1, -0.05) is 32.3 Å². The van der Waals surface area contributed by atoms with Crippen LogP contribution in [0.2, 0.25) is 0 Å². The van der Waals surface area contributed by atoms with Gasteiger partial charge in [-0.15, -0.1) is 11.6 Å². The zero-order valence-electron chi connectivity index (χ0n) is 10.2. The SMILES string of the molecule is CCCCCC(Cl)c1ccc2c(c1)OCCO2. The van der Waals surface area contributed by atoms with Crippen molar-refractivity contribution in [3.63, 3.8) is 0 Å². The molecule has 0 N–H and O–H groups in total. The molecule has 1 aromatic rings. The van der Waals surface area contributed by atoms with E-state index >= 15 is 0 Å². The highest BCUT2D eigenvalue weighted by Crippen LogP contribution is 2.35. The molecule has 0 aromatic heterocycles. The van der Waals surface area contributed by atoms with Crippen molar-refractivity contribution in [3.8, 4) is 11.5 Å². The number of hydrogen-bond acceptors (Lipinski definition) is 2. The van der Waals surface area contributed by atoms with E-state index in [1.807, 2.05) is 18.2 Å². The predicted molar refractivity (Wildman–Crippen MR) is 70.2 cm³/mol. The van der Waals surface area contributed by atoms with Crippen LogP contribution in [-0.4, -0.2) is 13.2 Å². The van der Waals surface area contributed by atoms with Gasteiger partial charge < -0.3 is 9.47 Å². The third-order valence-electron chi connectivity index (χ3n) is 2.99. The van der Waals surface area contributed by atoms with Gasteiger partial charge in [0.05, 0.1) is 5.38 Å². The molecule has 17 heavy (non-hydrogen) atoms. The molecule has 0 fully saturated rings. The Morgan fingerprint density at radius 2 is 1.94 bits per heavy atom. The highest BCUT2D eigenvalue weighted by molar-refractivity contribution is 6.20. The van der Waals surface area contributed by atoms with Crippen molar-refractivity contribution in [3.05, 3.63) is 23.8 Å². The van der Waals surface area contributed by atoms with E-state index in [0.717, 1.165) is 23.5 Å². The lowest BCUT2D eigenvalue weighted by molar-refractivity contribution is 0.171. The van der Waals surface area contributed by atoms with E-state index in [2.05, 4.69) is 6.92 Å². The van der Waals surface area contributed by atoms with Gasteiger partial charge in [0.2, 0.25) is 0 Å². The molecular weight excluding hydrogens is 236 g/mol. The van der Waals surface area contributed by atoms with E-state index in [1.54, 1.807) is 0 Å². The van der Waals surface area contributed by atoms with Crippen molar-refractivity contribution >= 4 is 11.6 Å². The van der Waals surface area contributed by atoms with Crippen LogP contribution < -0.4 is 9.47 Å². The fraction of sp³-hybridized carbons (Fsp3) is 0.571. The van der Waals surface area contributed by atoms with Crippen LogP contribution in [-0.2, 0) is 0 Å².